The average molecular weight is 154 g/mol. The van der Waals surface area contributed by atoms with E-state index in [0.29, 0.717) is 0 Å². The first-order chi connectivity index (χ1) is 5.20. The molecule has 0 heterocycles. The molecule has 0 aromatic rings. The van der Waals surface area contributed by atoms with Crippen molar-refractivity contribution in [1.82, 2.24) is 5.32 Å². The van der Waals surface area contributed by atoms with Gasteiger partial charge < -0.3 is 5.32 Å². The molecule has 0 bridgehead atoms. The maximum Gasteiger partial charge on any atom is 0.0364 e. The Morgan fingerprint density at radius 2 is 2.00 bits per heavy atom. The number of nitrogens with one attached hydrogen (secondary N) is 1. The highest BCUT2D eigenvalue weighted by atomic mass is 14.9. The van der Waals surface area contributed by atoms with Gasteiger partial charge in [0.25, 0.3) is 0 Å². The molecule has 0 saturated heterocycles. The van der Waals surface area contributed by atoms with E-state index in [4.69, 9.17) is 0 Å². The Morgan fingerprint density at radius 1 is 1.36 bits per heavy atom. The lowest BCUT2D eigenvalue weighted by molar-refractivity contribution is 0.855. The third-order valence-corrected chi connectivity index (χ3v) is 1.29. The Balaban J connectivity index is 3.96. The van der Waals surface area contributed by atoms with Gasteiger partial charge in [0.1, 0.15) is 0 Å². The molecule has 2 nitrogen and oxygen atoms in total. The minimum atomic E-state index is 0.863. The highest BCUT2D eigenvalue weighted by Gasteiger charge is 1.86. The van der Waals surface area contributed by atoms with Crippen LogP contribution in [0.4, 0.5) is 0 Å². The SMILES string of the molecule is CC/N=C(C)/C=C(/C)NCC. The predicted octanol–water partition coefficient (Wildman–Crippen LogP) is 1.98. The van der Waals surface area contributed by atoms with Gasteiger partial charge in [-0.25, -0.2) is 0 Å². The predicted molar refractivity (Wildman–Crippen MR) is 51.1 cm³/mol. The number of hydrogen-bond donors (Lipinski definition) is 1. The molecule has 0 aliphatic rings. The van der Waals surface area contributed by atoms with Crippen molar-refractivity contribution >= 4 is 5.71 Å². The number of rotatable bonds is 4. The van der Waals surface area contributed by atoms with Crippen molar-refractivity contribution in [2.24, 2.45) is 4.99 Å². The maximum atomic E-state index is 4.25. The van der Waals surface area contributed by atoms with Crippen LogP contribution in [0.2, 0.25) is 0 Å². The van der Waals surface area contributed by atoms with E-state index >= 15 is 0 Å². The normalized spacial score (nSPS) is 13.5. The molecule has 0 spiro atoms. The summed E-state index contributed by atoms with van der Waals surface area (Å²) in [4.78, 5) is 4.25. The third-order valence-electron chi connectivity index (χ3n) is 1.29. The molecule has 0 rings (SSSR count). The Bertz CT molecular complexity index is 157. The van der Waals surface area contributed by atoms with E-state index in [0.717, 1.165) is 18.8 Å². The van der Waals surface area contributed by atoms with Crippen LogP contribution in [-0.4, -0.2) is 18.8 Å². The molecule has 0 saturated carbocycles. The fourth-order valence-electron chi connectivity index (χ4n) is 0.938. The van der Waals surface area contributed by atoms with Gasteiger partial charge in [0.2, 0.25) is 0 Å². The molecule has 64 valence electrons. The number of aliphatic imine (C=N–C) groups is 1. The molecule has 0 aliphatic carbocycles. The van der Waals surface area contributed by atoms with Gasteiger partial charge in [0, 0.05) is 24.5 Å². The van der Waals surface area contributed by atoms with Gasteiger partial charge in [0.15, 0.2) is 0 Å². The van der Waals surface area contributed by atoms with Crippen LogP contribution in [0.25, 0.3) is 0 Å². The van der Waals surface area contributed by atoms with Crippen LogP contribution < -0.4 is 5.32 Å². The first-order valence-electron chi connectivity index (χ1n) is 4.13. The summed E-state index contributed by atoms with van der Waals surface area (Å²) in [5.74, 6) is 0. The van der Waals surface area contributed by atoms with Crippen LogP contribution >= 0.6 is 0 Å². The minimum absolute atomic E-state index is 0.863. The Kier molecular flexibility index (Phi) is 5.53. The average Bonchev–Trinajstić information content (AvgIpc) is 1.87. The molecule has 0 fully saturated rings. The lowest BCUT2D eigenvalue weighted by Gasteiger charge is -2.01. The first kappa shape index (κ1) is 10.2. The van der Waals surface area contributed by atoms with Gasteiger partial charge in [-0.15, -0.1) is 0 Å². The summed E-state index contributed by atoms with van der Waals surface area (Å²) in [6, 6.07) is 0. The number of hydrogen-bond acceptors (Lipinski definition) is 2. The smallest absolute Gasteiger partial charge is 0.0364 e. The quantitative estimate of drug-likeness (QED) is 0.615. The van der Waals surface area contributed by atoms with Crippen LogP contribution in [0.1, 0.15) is 27.7 Å². The molecule has 0 aromatic heterocycles. The van der Waals surface area contributed by atoms with Crippen LogP contribution in [0.3, 0.4) is 0 Å². The summed E-state index contributed by atoms with van der Waals surface area (Å²) in [5.41, 5.74) is 2.27. The molecule has 1 N–H and O–H groups in total. The molecule has 0 amide bonds. The van der Waals surface area contributed by atoms with Crippen molar-refractivity contribution in [1.29, 1.82) is 0 Å². The van der Waals surface area contributed by atoms with E-state index in [2.05, 4.69) is 30.2 Å². The molecule has 0 unspecified atom stereocenters. The fraction of sp³-hybridized carbons (Fsp3) is 0.667. The van der Waals surface area contributed by atoms with E-state index < -0.39 is 0 Å². The van der Waals surface area contributed by atoms with Crippen LogP contribution in [0.15, 0.2) is 16.8 Å². The summed E-state index contributed by atoms with van der Waals surface area (Å²) in [7, 11) is 0. The topological polar surface area (TPSA) is 24.4 Å². The standard InChI is InChI=1S/C9H18N2/c1-5-10-8(3)7-9(4)11-6-2/h7,10H,5-6H2,1-4H3/b8-7-,11-9+. The van der Waals surface area contributed by atoms with Crippen molar-refractivity contribution in [2.75, 3.05) is 13.1 Å². The van der Waals surface area contributed by atoms with Crippen LogP contribution in [-0.2, 0) is 0 Å². The van der Waals surface area contributed by atoms with Crippen molar-refractivity contribution in [3.63, 3.8) is 0 Å². The highest BCUT2D eigenvalue weighted by Crippen LogP contribution is 1.88. The summed E-state index contributed by atoms with van der Waals surface area (Å²) in [6.45, 7) is 10.0. The fourth-order valence-corrected chi connectivity index (χ4v) is 0.938. The minimum Gasteiger partial charge on any atom is -0.389 e. The number of nitrogens with zero attached hydrogens (tertiary/aromatic N) is 1. The third kappa shape index (κ3) is 5.64. The van der Waals surface area contributed by atoms with E-state index in [1.165, 1.54) is 5.70 Å². The van der Waals surface area contributed by atoms with E-state index in [-0.39, 0.29) is 0 Å². The molecular formula is C9H18N2. The van der Waals surface area contributed by atoms with E-state index in [9.17, 15) is 0 Å². The highest BCUT2D eigenvalue weighted by molar-refractivity contribution is 5.93. The monoisotopic (exact) mass is 154 g/mol. The molecular weight excluding hydrogens is 136 g/mol. The Labute approximate surface area is 69.4 Å². The molecule has 0 atom stereocenters. The lowest BCUT2D eigenvalue weighted by Crippen LogP contribution is -2.10. The lowest BCUT2D eigenvalue weighted by atomic mass is 10.3. The van der Waals surface area contributed by atoms with Gasteiger partial charge >= 0.3 is 0 Å². The zero-order chi connectivity index (χ0) is 8.69. The Morgan fingerprint density at radius 3 is 2.45 bits per heavy atom. The number of allylic oxidation sites excluding steroid dienone is 2. The van der Waals surface area contributed by atoms with E-state index in [1.54, 1.807) is 0 Å². The van der Waals surface area contributed by atoms with Crippen molar-refractivity contribution in [2.45, 2.75) is 27.7 Å². The van der Waals surface area contributed by atoms with Crippen molar-refractivity contribution < 1.29 is 0 Å². The molecule has 0 aliphatic heterocycles. The molecule has 0 radical (unpaired) electrons. The van der Waals surface area contributed by atoms with E-state index in [1.807, 2.05) is 13.8 Å². The van der Waals surface area contributed by atoms with Crippen LogP contribution in [0.5, 0.6) is 0 Å². The maximum absolute atomic E-state index is 4.25. The van der Waals surface area contributed by atoms with Gasteiger partial charge in [-0.2, -0.15) is 0 Å². The summed E-state index contributed by atoms with van der Waals surface area (Å²) in [6.07, 6.45) is 2.06. The van der Waals surface area contributed by atoms with Gasteiger partial charge in [0.05, 0.1) is 0 Å². The first-order valence-corrected chi connectivity index (χ1v) is 4.13. The molecule has 2 heteroatoms. The second kappa shape index (κ2) is 5.96. The summed E-state index contributed by atoms with van der Waals surface area (Å²) >= 11 is 0. The van der Waals surface area contributed by atoms with Crippen LogP contribution in [0, 0.1) is 0 Å². The van der Waals surface area contributed by atoms with Gasteiger partial charge in [-0.1, -0.05) is 0 Å². The second-order valence-electron chi connectivity index (χ2n) is 2.47. The van der Waals surface area contributed by atoms with Gasteiger partial charge in [-0.05, 0) is 33.8 Å². The Hall–Kier alpha value is -0.790. The molecule has 0 aromatic carbocycles. The van der Waals surface area contributed by atoms with Crippen molar-refractivity contribution in [3.8, 4) is 0 Å². The van der Waals surface area contributed by atoms with Gasteiger partial charge in [-0.3, -0.25) is 4.99 Å². The molecule has 11 heavy (non-hydrogen) atoms. The summed E-state index contributed by atoms with van der Waals surface area (Å²) < 4.78 is 0. The van der Waals surface area contributed by atoms with Crippen molar-refractivity contribution in [3.05, 3.63) is 11.8 Å². The zero-order valence-electron chi connectivity index (χ0n) is 7.94. The summed E-state index contributed by atoms with van der Waals surface area (Å²) in [5, 5.41) is 3.22. The second-order valence-corrected chi connectivity index (χ2v) is 2.47. The zero-order valence-corrected chi connectivity index (χ0v) is 7.94. The largest absolute Gasteiger partial charge is 0.389 e.